The summed E-state index contributed by atoms with van der Waals surface area (Å²) in [5, 5.41) is 2.55. The summed E-state index contributed by atoms with van der Waals surface area (Å²) in [7, 11) is 0. The van der Waals surface area contributed by atoms with E-state index in [0.717, 1.165) is 11.3 Å². The summed E-state index contributed by atoms with van der Waals surface area (Å²) in [6.07, 6.45) is 3.37. The fourth-order valence-electron chi connectivity index (χ4n) is 4.29. The number of halogens is 2. The molecule has 0 aliphatic carbocycles. The number of aromatic nitrogens is 1. The average molecular weight is 446 g/mol. The molecule has 0 saturated heterocycles. The molecule has 33 heavy (non-hydrogen) atoms. The molecular weight excluding hydrogens is 426 g/mol. The SMILES string of the molecule is O=C(CC1=C2N(CCC1=O)c1ccc(F)cc1N2Cc1cccnc1)Nc1ccccc1F. The van der Waals surface area contributed by atoms with Crippen molar-refractivity contribution in [1.82, 2.24) is 4.98 Å². The van der Waals surface area contributed by atoms with E-state index in [1.54, 1.807) is 30.6 Å². The molecule has 166 valence electrons. The van der Waals surface area contributed by atoms with Gasteiger partial charge in [0.15, 0.2) is 5.78 Å². The van der Waals surface area contributed by atoms with Gasteiger partial charge in [0.1, 0.15) is 17.5 Å². The van der Waals surface area contributed by atoms with Crippen LogP contribution in [0.25, 0.3) is 0 Å². The van der Waals surface area contributed by atoms with Gasteiger partial charge in [0.05, 0.1) is 30.0 Å². The lowest BCUT2D eigenvalue weighted by molar-refractivity contribution is -0.119. The van der Waals surface area contributed by atoms with Crippen molar-refractivity contribution in [2.75, 3.05) is 21.7 Å². The molecule has 1 amide bonds. The molecule has 8 heteroatoms. The minimum absolute atomic E-state index is 0.0530. The summed E-state index contributed by atoms with van der Waals surface area (Å²) in [4.78, 5) is 33.7. The van der Waals surface area contributed by atoms with Crippen LogP contribution in [0.1, 0.15) is 18.4 Å². The van der Waals surface area contributed by atoms with E-state index in [9.17, 15) is 18.4 Å². The Morgan fingerprint density at radius 1 is 1.06 bits per heavy atom. The van der Waals surface area contributed by atoms with Crippen LogP contribution in [0.15, 0.2) is 78.4 Å². The standard InChI is InChI=1S/C25H20F2N4O2/c26-17-7-8-21-22(12-17)31(15-16-4-3-10-28-14-16)25-18(23(32)9-11-30(21)25)13-24(33)29-20-6-2-1-5-19(20)27/h1-8,10,12,14H,9,11,13,15H2,(H,29,33). The summed E-state index contributed by atoms with van der Waals surface area (Å²) in [5.41, 5.74) is 2.63. The summed E-state index contributed by atoms with van der Waals surface area (Å²) < 4.78 is 28.2. The molecule has 0 spiro atoms. The minimum atomic E-state index is -0.554. The molecule has 5 rings (SSSR count). The fraction of sp³-hybridized carbons (Fsp3) is 0.160. The highest BCUT2D eigenvalue weighted by Gasteiger charge is 2.39. The first-order chi connectivity index (χ1) is 16.0. The van der Waals surface area contributed by atoms with Crippen LogP contribution in [0.5, 0.6) is 0 Å². The zero-order chi connectivity index (χ0) is 22.9. The third-order valence-electron chi connectivity index (χ3n) is 5.75. The Morgan fingerprint density at radius 3 is 2.70 bits per heavy atom. The van der Waals surface area contributed by atoms with E-state index in [1.165, 1.54) is 30.3 Å². The zero-order valence-corrected chi connectivity index (χ0v) is 17.6. The molecule has 1 aromatic heterocycles. The molecular formula is C25H20F2N4O2. The maximum atomic E-state index is 14.2. The lowest BCUT2D eigenvalue weighted by atomic mass is 10.00. The summed E-state index contributed by atoms with van der Waals surface area (Å²) in [5.74, 6) is -1.05. The number of fused-ring (bicyclic) bond motifs is 3. The van der Waals surface area contributed by atoms with Crippen LogP contribution < -0.4 is 15.1 Å². The van der Waals surface area contributed by atoms with E-state index in [2.05, 4.69) is 10.3 Å². The number of hydrogen-bond acceptors (Lipinski definition) is 5. The van der Waals surface area contributed by atoms with Crippen molar-refractivity contribution >= 4 is 28.8 Å². The van der Waals surface area contributed by atoms with Gasteiger partial charge in [-0.15, -0.1) is 0 Å². The maximum Gasteiger partial charge on any atom is 0.229 e. The number of para-hydroxylation sites is 1. The smallest absolute Gasteiger partial charge is 0.229 e. The largest absolute Gasteiger partial charge is 0.325 e. The predicted octanol–water partition coefficient (Wildman–Crippen LogP) is 4.40. The van der Waals surface area contributed by atoms with Crippen molar-refractivity contribution in [2.24, 2.45) is 0 Å². The van der Waals surface area contributed by atoms with Crippen LogP contribution in [0.2, 0.25) is 0 Å². The van der Waals surface area contributed by atoms with E-state index in [4.69, 9.17) is 0 Å². The van der Waals surface area contributed by atoms with E-state index < -0.39 is 17.5 Å². The van der Waals surface area contributed by atoms with Gasteiger partial charge < -0.3 is 15.1 Å². The van der Waals surface area contributed by atoms with E-state index in [-0.39, 0.29) is 24.3 Å². The van der Waals surface area contributed by atoms with Crippen molar-refractivity contribution in [3.63, 3.8) is 0 Å². The predicted molar refractivity (Wildman–Crippen MR) is 120 cm³/mol. The second-order valence-corrected chi connectivity index (χ2v) is 7.91. The zero-order valence-electron chi connectivity index (χ0n) is 17.6. The number of ketones is 1. The second-order valence-electron chi connectivity index (χ2n) is 7.91. The third-order valence-corrected chi connectivity index (χ3v) is 5.75. The average Bonchev–Trinajstić information content (AvgIpc) is 3.11. The number of benzene rings is 2. The fourth-order valence-corrected chi connectivity index (χ4v) is 4.29. The number of pyridine rings is 1. The van der Waals surface area contributed by atoms with Crippen LogP contribution in [-0.2, 0) is 16.1 Å². The minimum Gasteiger partial charge on any atom is -0.325 e. The van der Waals surface area contributed by atoms with E-state index >= 15 is 0 Å². The monoisotopic (exact) mass is 446 g/mol. The normalized spacial score (nSPS) is 14.9. The van der Waals surface area contributed by atoms with Gasteiger partial charge in [-0.05, 0) is 42.0 Å². The number of carbonyl (C=O) groups is 2. The van der Waals surface area contributed by atoms with Gasteiger partial charge in [-0.1, -0.05) is 18.2 Å². The maximum absolute atomic E-state index is 14.2. The molecule has 2 aromatic carbocycles. The van der Waals surface area contributed by atoms with Crippen molar-refractivity contribution in [3.05, 3.63) is 95.6 Å². The molecule has 0 saturated carbocycles. The molecule has 2 aliphatic heterocycles. The van der Waals surface area contributed by atoms with Crippen molar-refractivity contribution in [3.8, 4) is 0 Å². The molecule has 0 bridgehead atoms. The van der Waals surface area contributed by atoms with E-state index in [1.807, 2.05) is 15.9 Å². The number of nitrogens with zero attached hydrogens (tertiary/aromatic N) is 3. The number of rotatable bonds is 5. The number of hydrogen-bond donors (Lipinski definition) is 1. The van der Waals surface area contributed by atoms with Crippen LogP contribution in [0, 0.1) is 11.6 Å². The molecule has 1 N–H and O–H groups in total. The molecule has 6 nitrogen and oxygen atoms in total. The van der Waals surface area contributed by atoms with Gasteiger partial charge in [0, 0.05) is 30.9 Å². The Labute approximate surface area is 189 Å². The van der Waals surface area contributed by atoms with Gasteiger partial charge in [-0.25, -0.2) is 8.78 Å². The van der Waals surface area contributed by atoms with Crippen LogP contribution in [0.3, 0.4) is 0 Å². The van der Waals surface area contributed by atoms with Crippen molar-refractivity contribution < 1.29 is 18.4 Å². The lowest BCUT2D eigenvalue weighted by Gasteiger charge is -2.31. The van der Waals surface area contributed by atoms with Crippen LogP contribution >= 0.6 is 0 Å². The van der Waals surface area contributed by atoms with Gasteiger partial charge in [0.2, 0.25) is 5.91 Å². The second kappa shape index (κ2) is 8.46. The molecule has 2 aliphatic rings. The quantitative estimate of drug-likeness (QED) is 0.630. The Balaban J connectivity index is 1.54. The van der Waals surface area contributed by atoms with Gasteiger partial charge >= 0.3 is 0 Å². The molecule has 0 fully saturated rings. The first kappa shape index (κ1) is 20.8. The van der Waals surface area contributed by atoms with Crippen molar-refractivity contribution in [1.29, 1.82) is 0 Å². The first-order valence-corrected chi connectivity index (χ1v) is 10.6. The highest BCUT2D eigenvalue weighted by molar-refractivity contribution is 6.07. The summed E-state index contributed by atoms with van der Waals surface area (Å²) in [6, 6.07) is 14.1. The van der Waals surface area contributed by atoms with Crippen LogP contribution in [0.4, 0.5) is 25.8 Å². The number of anilines is 3. The molecule has 0 unspecified atom stereocenters. The molecule has 0 atom stereocenters. The Hall–Kier alpha value is -4.07. The number of nitrogens with one attached hydrogen (secondary N) is 1. The molecule has 0 radical (unpaired) electrons. The molecule has 3 aromatic rings. The highest BCUT2D eigenvalue weighted by Crippen LogP contribution is 2.46. The summed E-state index contributed by atoms with van der Waals surface area (Å²) >= 11 is 0. The Kier molecular flexibility index (Phi) is 5.34. The first-order valence-electron chi connectivity index (χ1n) is 10.6. The molecule has 3 heterocycles. The Bertz CT molecular complexity index is 1280. The van der Waals surface area contributed by atoms with Gasteiger partial charge in [-0.3, -0.25) is 14.6 Å². The van der Waals surface area contributed by atoms with Crippen LogP contribution in [-0.4, -0.2) is 23.2 Å². The van der Waals surface area contributed by atoms with E-state index in [0.29, 0.717) is 30.2 Å². The number of amides is 1. The van der Waals surface area contributed by atoms with Crippen molar-refractivity contribution in [2.45, 2.75) is 19.4 Å². The Morgan fingerprint density at radius 2 is 1.91 bits per heavy atom. The lowest BCUT2D eigenvalue weighted by Crippen LogP contribution is -2.37. The highest BCUT2D eigenvalue weighted by atomic mass is 19.1. The third kappa shape index (κ3) is 3.95. The van der Waals surface area contributed by atoms with Gasteiger partial charge in [-0.2, -0.15) is 0 Å². The number of carbonyl (C=O) groups excluding carboxylic acids is 2. The summed E-state index contributed by atoms with van der Waals surface area (Å²) in [6.45, 7) is 0.774. The van der Waals surface area contributed by atoms with Gasteiger partial charge in [0.25, 0.3) is 0 Å². The topological polar surface area (TPSA) is 65.5 Å². The number of Topliss-reactive ketones (excluding diaryl/α,β-unsaturated/α-hetero) is 1.